The molecule has 1 heterocycles. The van der Waals surface area contributed by atoms with E-state index in [1.807, 2.05) is 0 Å². The van der Waals surface area contributed by atoms with Gasteiger partial charge in [0.25, 0.3) is 0 Å². The van der Waals surface area contributed by atoms with Crippen molar-refractivity contribution in [1.82, 2.24) is 5.09 Å². The second kappa shape index (κ2) is 2.30. The average Bonchev–Trinajstić information content (AvgIpc) is 1.65. The lowest BCUT2D eigenvalue weighted by Crippen LogP contribution is -2.24. The molecule has 8 heavy (non-hydrogen) atoms. The second-order valence-corrected chi connectivity index (χ2v) is 5.72. The van der Waals surface area contributed by atoms with Gasteiger partial charge in [-0.05, 0) is 6.42 Å². The smallest absolute Gasteiger partial charge is 0.206 e. The molecule has 0 aliphatic carbocycles. The third-order valence-electron chi connectivity index (χ3n) is 1.23. The van der Waals surface area contributed by atoms with E-state index in [1.165, 1.54) is 6.42 Å². The standard InChI is InChI=1S/C5H13NOP/c1-8(2)6-4-3-5-7-8/h6H,3-5H2,1-2H3/q+1. The molecule has 1 N–H and O–H groups in total. The van der Waals surface area contributed by atoms with E-state index in [0.29, 0.717) is 0 Å². The lowest BCUT2D eigenvalue weighted by Gasteiger charge is -2.21. The van der Waals surface area contributed by atoms with Gasteiger partial charge in [-0.3, -0.25) is 0 Å². The highest BCUT2D eigenvalue weighted by Crippen LogP contribution is 2.48. The van der Waals surface area contributed by atoms with E-state index in [4.69, 9.17) is 4.52 Å². The van der Waals surface area contributed by atoms with Crippen LogP contribution in [-0.4, -0.2) is 26.5 Å². The molecular formula is C5H13NOP+. The zero-order chi connectivity index (χ0) is 6.04. The molecule has 1 rings (SSSR count). The summed E-state index contributed by atoms with van der Waals surface area (Å²) in [5.41, 5.74) is 0. The first-order chi connectivity index (χ1) is 3.71. The molecular weight excluding hydrogens is 121 g/mol. The van der Waals surface area contributed by atoms with Crippen LogP contribution in [-0.2, 0) is 4.52 Å². The maximum Gasteiger partial charge on any atom is 0.206 e. The number of rotatable bonds is 0. The Morgan fingerprint density at radius 3 is 2.50 bits per heavy atom. The molecule has 0 aromatic carbocycles. The summed E-state index contributed by atoms with van der Waals surface area (Å²) in [6.07, 6.45) is 1.17. The number of nitrogens with one attached hydrogen (secondary N) is 1. The maximum absolute atomic E-state index is 5.47. The summed E-state index contributed by atoms with van der Waals surface area (Å²) < 4.78 is 5.47. The van der Waals surface area contributed by atoms with E-state index in [2.05, 4.69) is 18.4 Å². The minimum Gasteiger partial charge on any atom is -0.220 e. The molecule has 1 aliphatic rings. The minimum absolute atomic E-state index is 0.952. The lowest BCUT2D eigenvalue weighted by molar-refractivity contribution is 0.309. The average molecular weight is 134 g/mol. The highest BCUT2D eigenvalue weighted by molar-refractivity contribution is 7.67. The Hall–Kier alpha value is 0.350. The van der Waals surface area contributed by atoms with Gasteiger partial charge < -0.3 is 0 Å². The van der Waals surface area contributed by atoms with Crippen molar-refractivity contribution in [2.45, 2.75) is 6.42 Å². The molecule has 0 aromatic rings. The summed E-state index contributed by atoms with van der Waals surface area (Å²) in [6, 6.07) is 0. The van der Waals surface area contributed by atoms with Gasteiger partial charge in [-0.25, -0.2) is 4.52 Å². The van der Waals surface area contributed by atoms with Gasteiger partial charge >= 0.3 is 0 Å². The summed E-state index contributed by atoms with van der Waals surface area (Å²) in [6.45, 7) is 6.41. The fraction of sp³-hybridized carbons (Fsp3) is 1.00. The van der Waals surface area contributed by atoms with E-state index in [1.54, 1.807) is 0 Å². The molecule has 0 unspecified atom stereocenters. The lowest BCUT2D eigenvalue weighted by atomic mass is 10.5. The first-order valence-corrected chi connectivity index (χ1v) is 5.54. The Morgan fingerprint density at radius 2 is 2.25 bits per heavy atom. The third kappa shape index (κ3) is 1.70. The predicted octanol–water partition coefficient (Wildman–Crippen LogP) is 1.10. The van der Waals surface area contributed by atoms with Crippen molar-refractivity contribution in [1.29, 1.82) is 0 Å². The third-order valence-corrected chi connectivity index (χ3v) is 3.04. The summed E-state index contributed by atoms with van der Waals surface area (Å²) in [4.78, 5) is 0. The van der Waals surface area contributed by atoms with Crippen molar-refractivity contribution >= 4 is 7.64 Å². The molecule has 3 heteroatoms. The van der Waals surface area contributed by atoms with Crippen LogP contribution in [0.5, 0.6) is 0 Å². The van der Waals surface area contributed by atoms with Crippen molar-refractivity contribution in [3.63, 3.8) is 0 Å². The fourth-order valence-electron chi connectivity index (χ4n) is 0.759. The largest absolute Gasteiger partial charge is 0.220 e. The molecule has 0 bridgehead atoms. The second-order valence-electron chi connectivity index (χ2n) is 2.45. The molecule has 0 radical (unpaired) electrons. The van der Waals surface area contributed by atoms with Crippen LogP contribution in [0.2, 0.25) is 0 Å². The normalized spacial score (nSPS) is 27.8. The van der Waals surface area contributed by atoms with Gasteiger partial charge in [0.1, 0.15) is 0 Å². The Labute approximate surface area is 51.1 Å². The molecule has 1 aliphatic heterocycles. The van der Waals surface area contributed by atoms with Crippen LogP contribution in [0.1, 0.15) is 6.42 Å². The van der Waals surface area contributed by atoms with Crippen molar-refractivity contribution < 1.29 is 4.52 Å². The monoisotopic (exact) mass is 134 g/mol. The van der Waals surface area contributed by atoms with Crippen molar-refractivity contribution in [2.24, 2.45) is 0 Å². The van der Waals surface area contributed by atoms with Crippen LogP contribution in [0.25, 0.3) is 0 Å². The zero-order valence-corrected chi connectivity index (χ0v) is 6.37. The van der Waals surface area contributed by atoms with E-state index in [-0.39, 0.29) is 0 Å². The molecule has 1 fully saturated rings. The number of hydrogen-bond acceptors (Lipinski definition) is 2. The molecule has 0 saturated carbocycles. The van der Waals surface area contributed by atoms with Gasteiger partial charge in [-0.1, -0.05) is 0 Å². The molecule has 2 nitrogen and oxygen atoms in total. The van der Waals surface area contributed by atoms with Gasteiger partial charge in [0.15, 0.2) is 0 Å². The Kier molecular flexibility index (Phi) is 1.86. The fourth-order valence-corrected chi connectivity index (χ4v) is 2.13. The first kappa shape index (κ1) is 6.47. The Balaban J connectivity index is 2.33. The van der Waals surface area contributed by atoms with E-state index in [9.17, 15) is 0 Å². The topological polar surface area (TPSA) is 21.3 Å². The Morgan fingerprint density at radius 1 is 1.50 bits per heavy atom. The molecule has 0 spiro atoms. The summed E-state index contributed by atoms with van der Waals surface area (Å²) in [7, 11) is -1.09. The molecule has 0 atom stereocenters. The Bertz CT molecular complexity index is 76.5. The molecule has 1 saturated heterocycles. The van der Waals surface area contributed by atoms with Gasteiger partial charge in [0.2, 0.25) is 7.64 Å². The minimum atomic E-state index is -1.09. The van der Waals surface area contributed by atoms with Crippen LogP contribution in [0, 0.1) is 0 Å². The highest BCUT2D eigenvalue weighted by atomic mass is 31.2. The van der Waals surface area contributed by atoms with E-state index < -0.39 is 7.64 Å². The van der Waals surface area contributed by atoms with Crippen LogP contribution in [0.3, 0.4) is 0 Å². The summed E-state index contributed by atoms with van der Waals surface area (Å²) in [5, 5.41) is 3.35. The molecule has 48 valence electrons. The summed E-state index contributed by atoms with van der Waals surface area (Å²) >= 11 is 0. The van der Waals surface area contributed by atoms with E-state index >= 15 is 0 Å². The van der Waals surface area contributed by atoms with Crippen molar-refractivity contribution in [3.05, 3.63) is 0 Å². The highest BCUT2D eigenvalue weighted by Gasteiger charge is 2.28. The van der Waals surface area contributed by atoms with Gasteiger partial charge in [0.05, 0.1) is 19.9 Å². The predicted molar refractivity (Wildman–Crippen MR) is 37.3 cm³/mol. The zero-order valence-electron chi connectivity index (χ0n) is 5.48. The quantitative estimate of drug-likeness (QED) is 0.501. The van der Waals surface area contributed by atoms with Gasteiger partial charge in [-0.2, -0.15) is 5.09 Å². The van der Waals surface area contributed by atoms with Crippen LogP contribution in [0.4, 0.5) is 0 Å². The molecule has 0 amide bonds. The van der Waals surface area contributed by atoms with Crippen LogP contribution < -0.4 is 5.09 Å². The van der Waals surface area contributed by atoms with Crippen molar-refractivity contribution in [3.8, 4) is 0 Å². The maximum atomic E-state index is 5.47. The molecule has 0 aromatic heterocycles. The van der Waals surface area contributed by atoms with Crippen LogP contribution in [0.15, 0.2) is 0 Å². The van der Waals surface area contributed by atoms with E-state index in [0.717, 1.165) is 13.2 Å². The van der Waals surface area contributed by atoms with Gasteiger partial charge in [0, 0.05) is 6.54 Å². The SMILES string of the molecule is C[P+]1(C)NCCCO1. The number of hydrogen-bond donors (Lipinski definition) is 1. The first-order valence-electron chi connectivity index (χ1n) is 2.94. The summed E-state index contributed by atoms with van der Waals surface area (Å²) in [5.74, 6) is 0. The van der Waals surface area contributed by atoms with Gasteiger partial charge in [-0.15, -0.1) is 0 Å². The van der Waals surface area contributed by atoms with Crippen molar-refractivity contribution in [2.75, 3.05) is 26.5 Å². The van der Waals surface area contributed by atoms with Crippen LogP contribution >= 0.6 is 7.64 Å².